The molecular weight excluding hydrogens is 276 g/mol. The number of nitrogens with zero attached hydrogens (tertiary/aromatic N) is 1. The van der Waals surface area contributed by atoms with E-state index in [9.17, 15) is 4.79 Å². The zero-order valence-corrected chi connectivity index (χ0v) is 11.9. The molecule has 1 aromatic carbocycles. The maximum absolute atomic E-state index is 12.0. The van der Waals surface area contributed by atoms with Crippen molar-refractivity contribution < 1.29 is 9.53 Å². The molecule has 0 aliphatic heterocycles. The van der Waals surface area contributed by atoms with Crippen LogP contribution in [-0.2, 0) is 12.4 Å². The Morgan fingerprint density at radius 2 is 2.05 bits per heavy atom. The number of alkyl halides is 1. The van der Waals surface area contributed by atoms with Gasteiger partial charge in [0.1, 0.15) is 0 Å². The van der Waals surface area contributed by atoms with Crippen LogP contribution in [0.4, 0.5) is 0 Å². The fourth-order valence-electron chi connectivity index (χ4n) is 1.77. The number of pyridine rings is 1. The monoisotopic (exact) mass is 290 g/mol. The van der Waals surface area contributed by atoms with E-state index in [0.29, 0.717) is 23.9 Å². The van der Waals surface area contributed by atoms with Crippen molar-refractivity contribution in [1.29, 1.82) is 0 Å². The molecule has 0 fully saturated rings. The first kappa shape index (κ1) is 14.3. The van der Waals surface area contributed by atoms with Crippen molar-refractivity contribution in [2.75, 3.05) is 7.11 Å². The van der Waals surface area contributed by atoms with E-state index in [4.69, 9.17) is 16.3 Å². The summed E-state index contributed by atoms with van der Waals surface area (Å²) >= 11 is 5.71. The summed E-state index contributed by atoms with van der Waals surface area (Å²) in [6.07, 6.45) is 1.65. The summed E-state index contributed by atoms with van der Waals surface area (Å²) in [7, 11) is 1.55. The minimum Gasteiger partial charge on any atom is -0.481 e. The number of amides is 1. The molecular formula is C15H15ClN2O2. The number of carbonyl (C=O) groups is 1. The van der Waals surface area contributed by atoms with Gasteiger partial charge in [0, 0.05) is 29.7 Å². The topological polar surface area (TPSA) is 51.2 Å². The molecule has 4 nitrogen and oxygen atoms in total. The molecule has 0 aliphatic carbocycles. The molecule has 1 heterocycles. The Bertz CT molecular complexity index is 585. The second-order valence-corrected chi connectivity index (χ2v) is 4.45. The van der Waals surface area contributed by atoms with Crippen LogP contribution in [0.25, 0.3) is 0 Å². The molecule has 0 bridgehead atoms. The van der Waals surface area contributed by atoms with Crippen molar-refractivity contribution in [3.05, 3.63) is 59.3 Å². The van der Waals surface area contributed by atoms with Gasteiger partial charge in [0.05, 0.1) is 7.11 Å². The number of hydrogen-bond donors (Lipinski definition) is 1. The number of carbonyl (C=O) groups excluding carboxylic acids is 1. The molecule has 0 unspecified atom stereocenters. The fourth-order valence-corrected chi connectivity index (χ4v) is 1.94. The van der Waals surface area contributed by atoms with Gasteiger partial charge in [-0.1, -0.05) is 18.2 Å². The zero-order chi connectivity index (χ0) is 14.4. The molecule has 5 heteroatoms. The van der Waals surface area contributed by atoms with Crippen LogP contribution in [-0.4, -0.2) is 18.0 Å². The number of benzene rings is 1. The fraction of sp³-hybridized carbons (Fsp3) is 0.200. The summed E-state index contributed by atoms with van der Waals surface area (Å²) in [5.74, 6) is 0.816. The third-order valence-electron chi connectivity index (χ3n) is 2.85. The van der Waals surface area contributed by atoms with Crippen LogP contribution in [0.5, 0.6) is 5.88 Å². The molecule has 20 heavy (non-hydrogen) atoms. The molecule has 2 aromatic rings. The lowest BCUT2D eigenvalue weighted by atomic mass is 10.1. The smallest absolute Gasteiger partial charge is 0.251 e. The lowest BCUT2D eigenvalue weighted by Gasteiger charge is -2.08. The maximum Gasteiger partial charge on any atom is 0.251 e. The van der Waals surface area contributed by atoms with E-state index in [2.05, 4.69) is 10.3 Å². The van der Waals surface area contributed by atoms with Crippen LogP contribution in [0, 0.1) is 0 Å². The number of methoxy groups -OCH3 is 1. The number of rotatable bonds is 5. The molecule has 0 saturated heterocycles. The van der Waals surface area contributed by atoms with E-state index >= 15 is 0 Å². The van der Waals surface area contributed by atoms with Gasteiger partial charge in [-0.15, -0.1) is 11.6 Å². The number of ether oxygens (including phenoxy) is 1. The predicted octanol–water partition coefficient (Wildman–Crippen LogP) is 2.76. The van der Waals surface area contributed by atoms with Crippen LogP contribution in [0.15, 0.2) is 42.6 Å². The van der Waals surface area contributed by atoms with Crippen molar-refractivity contribution in [1.82, 2.24) is 10.3 Å². The molecule has 2 rings (SSSR count). The number of nitrogens with one attached hydrogen (secondary N) is 1. The zero-order valence-electron chi connectivity index (χ0n) is 11.1. The third-order valence-corrected chi connectivity index (χ3v) is 3.16. The normalized spacial score (nSPS) is 10.1. The Hall–Kier alpha value is -2.07. The highest BCUT2D eigenvalue weighted by molar-refractivity contribution is 6.17. The van der Waals surface area contributed by atoms with Gasteiger partial charge < -0.3 is 10.1 Å². The molecule has 0 saturated carbocycles. The minimum absolute atomic E-state index is 0.142. The Morgan fingerprint density at radius 3 is 2.70 bits per heavy atom. The molecule has 1 N–H and O–H groups in total. The first-order valence-corrected chi connectivity index (χ1v) is 6.69. The van der Waals surface area contributed by atoms with Crippen LogP contribution in [0.1, 0.15) is 21.5 Å². The van der Waals surface area contributed by atoms with Gasteiger partial charge in [-0.2, -0.15) is 0 Å². The predicted molar refractivity (Wildman–Crippen MR) is 78.0 cm³/mol. The van der Waals surface area contributed by atoms with Crippen LogP contribution in [0.3, 0.4) is 0 Å². The van der Waals surface area contributed by atoms with Gasteiger partial charge in [-0.25, -0.2) is 4.98 Å². The minimum atomic E-state index is -0.142. The van der Waals surface area contributed by atoms with Crippen molar-refractivity contribution in [3.63, 3.8) is 0 Å². The van der Waals surface area contributed by atoms with Gasteiger partial charge in [-0.05, 0) is 23.8 Å². The number of aromatic nitrogens is 1. The first-order chi connectivity index (χ1) is 9.74. The highest BCUT2D eigenvalue weighted by atomic mass is 35.5. The van der Waals surface area contributed by atoms with Crippen molar-refractivity contribution in [2.45, 2.75) is 12.4 Å². The summed E-state index contributed by atoms with van der Waals surface area (Å²) in [6.45, 7) is 0.368. The van der Waals surface area contributed by atoms with E-state index in [1.54, 1.807) is 31.5 Å². The molecule has 104 valence electrons. The number of hydrogen-bond acceptors (Lipinski definition) is 3. The summed E-state index contributed by atoms with van der Waals surface area (Å²) in [5.41, 5.74) is 2.42. The Kier molecular flexibility index (Phi) is 4.96. The lowest BCUT2D eigenvalue weighted by molar-refractivity contribution is 0.0950. The first-order valence-electron chi connectivity index (χ1n) is 6.15. The highest BCUT2D eigenvalue weighted by Gasteiger charge is 2.08. The molecule has 0 radical (unpaired) electrons. The van der Waals surface area contributed by atoms with Crippen molar-refractivity contribution >= 4 is 17.5 Å². The Morgan fingerprint density at radius 1 is 1.30 bits per heavy atom. The van der Waals surface area contributed by atoms with Gasteiger partial charge in [0.15, 0.2) is 0 Å². The standard InChI is InChI=1S/C15H15ClN2O2/c1-20-15-13(3-2-8-17-15)10-18-14(19)12-6-4-11(9-16)5-7-12/h2-8H,9-10H2,1H3,(H,18,19). The average molecular weight is 291 g/mol. The van der Waals surface area contributed by atoms with E-state index in [1.165, 1.54) is 0 Å². The largest absolute Gasteiger partial charge is 0.481 e. The van der Waals surface area contributed by atoms with E-state index in [1.807, 2.05) is 18.2 Å². The molecule has 0 aliphatic rings. The van der Waals surface area contributed by atoms with Crippen LogP contribution >= 0.6 is 11.6 Å². The van der Waals surface area contributed by atoms with Gasteiger partial charge in [0.2, 0.25) is 5.88 Å². The molecule has 1 aromatic heterocycles. The quantitative estimate of drug-likeness (QED) is 0.862. The Labute approximate surface area is 122 Å². The van der Waals surface area contributed by atoms with Crippen LogP contribution in [0.2, 0.25) is 0 Å². The summed E-state index contributed by atoms with van der Waals surface area (Å²) in [4.78, 5) is 16.1. The summed E-state index contributed by atoms with van der Waals surface area (Å²) < 4.78 is 5.14. The molecule has 0 atom stereocenters. The number of halogens is 1. The molecule has 1 amide bonds. The van der Waals surface area contributed by atoms with Crippen molar-refractivity contribution in [2.24, 2.45) is 0 Å². The highest BCUT2D eigenvalue weighted by Crippen LogP contribution is 2.13. The summed E-state index contributed by atoms with van der Waals surface area (Å²) in [6, 6.07) is 10.9. The van der Waals surface area contributed by atoms with Crippen molar-refractivity contribution in [3.8, 4) is 5.88 Å². The van der Waals surface area contributed by atoms with Gasteiger partial charge in [0.25, 0.3) is 5.91 Å². The van der Waals surface area contributed by atoms with Crippen LogP contribution < -0.4 is 10.1 Å². The third kappa shape index (κ3) is 3.48. The average Bonchev–Trinajstić information content (AvgIpc) is 2.53. The van der Waals surface area contributed by atoms with E-state index < -0.39 is 0 Å². The van der Waals surface area contributed by atoms with Gasteiger partial charge >= 0.3 is 0 Å². The van der Waals surface area contributed by atoms with E-state index in [0.717, 1.165) is 11.1 Å². The molecule has 0 spiro atoms. The second kappa shape index (κ2) is 6.91. The SMILES string of the molecule is COc1ncccc1CNC(=O)c1ccc(CCl)cc1. The Balaban J connectivity index is 2.01. The van der Waals surface area contributed by atoms with Gasteiger partial charge in [-0.3, -0.25) is 4.79 Å². The van der Waals surface area contributed by atoms with E-state index in [-0.39, 0.29) is 5.91 Å². The lowest BCUT2D eigenvalue weighted by Crippen LogP contribution is -2.23. The maximum atomic E-state index is 12.0. The summed E-state index contributed by atoms with van der Waals surface area (Å²) in [5, 5.41) is 2.84. The second-order valence-electron chi connectivity index (χ2n) is 4.19.